The van der Waals surface area contributed by atoms with Gasteiger partial charge in [-0.15, -0.1) is 0 Å². The van der Waals surface area contributed by atoms with Gasteiger partial charge in [-0.25, -0.2) is 0 Å². The molecular weight excluding hydrogens is 260 g/mol. The van der Waals surface area contributed by atoms with Crippen molar-refractivity contribution in [2.24, 2.45) is 5.73 Å². The maximum atomic E-state index is 6.42. The topological polar surface area (TPSA) is 42.4 Å². The van der Waals surface area contributed by atoms with Crippen molar-refractivity contribution in [2.45, 2.75) is 45.2 Å². The summed E-state index contributed by atoms with van der Waals surface area (Å²) in [7, 11) is 0. The van der Waals surface area contributed by atoms with Crippen LogP contribution in [0.5, 0.6) is 0 Å². The van der Waals surface area contributed by atoms with Crippen molar-refractivity contribution in [3.8, 4) is 0 Å². The van der Waals surface area contributed by atoms with Crippen LogP contribution in [-0.4, -0.2) is 12.6 Å². The lowest BCUT2D eigenvalue weighted by Gasteiger charge is -2.39. The van der Waals surface area contributed by atoms with E-state index in [2.05, 4.69) is 36.9 Å². The third-order valence-electron chi connectivity index (χ3n) is 4.44. The fourth-order valence-electron chi connectivity index (χ4n) is 3.32. The Bertz CT molecular complexity index is 591. The molecule has 2 N–H and O–H groups in total. The highest BCUT2D eigenvalue weighted by atomic mass is 16.3. The third kappa shape index (κ3) is 2.70. The number of benzene rings is 1. The lowest BCUT2D eigenvalue weighted by molar-refractivity contribution is 0.390. The maximum Gasteiger partial charge on any atom is 0.127 e. The number of furan rings is 1. The highest BCUT2D eigenvalue weighted by molar-refractivity contribution is 5.58. The van der Waals surface area contributed by atoms with Crippen LogP contribution in [0.1, 0.15) is 42.7 Å². The first kappa shape index (κ1) is 14.2. The van der Waals surface area contributed by atoms with Crippen LogP contribution in [0.15, 0.2) is 41.0 Å². The summed E-state index contributed by atoms with van der Waals surface area (Å²) in [6.45, 7) is 5.33. The smallest absolute Gasteiger partial charge is 0.127 e. The van der Waals surface area contributed by atoms with Crippen LogP contribution in [0.3, 0.4) is 0 Å². The van der Waals surface area contributed by atoms with Crippen molar-refractivity contribution in [1.82, 2.24) is 0 Å². The normalized spacial score (nSPS) is 17.4. The molecule has 0 saturated heterocycles. The maximum absolute atomic E-state index is 6.42. The number of hydrogen-bond acceptors (Lipinski definition) is 3. The quantitative estimate of drug-likeness (QED) is 0.928. The predicted molar refractivity (Wildman–Crippen MR) is 86.6 cm³/mol. The van der Waals surface area contributed by atoms with E-state index in [0.29, 0.717) is 0 Å². The molecule has 2 heterocycles. The fraction of sp³-hybridized carbons (Fsp3) is 0.444. The van der Waals surface area contributed by atoms with E-state index in [4.69, 9.17) is 10.2 Å². The van der Waals surface area contributed by atoms with Crippen molar-refractivity contribution in [1.29, 1.82) is 0 Å². The second kappa shape index (κ2) is 5.94. The van der Waals surface area contributed by atoms with Crippen LogP contribution < -0.4 is 10.6 Å². The van der Waals surface area contributed by atoms with Crippen LogP contribution in [0.2, 0.25) is 0 Å². The molecule has 0 bridgehead atoms. The van der Waals surface area contributed by atoms with E-state index in [1.807, 2.05) is 12.1 Å². The fourth-order valence-corrected chi connectivity index (χ4v) is 3.32. The SMILES string of the molecule is CCC(N)C(c1ccco1)N1CCCc2cc(C)ccc21. The molecule has 0 amide bonds. The summed E-state index contributed by atoms with van der Waals surface area (Å²) in [6, 6.07) is 10.9. The molecule has 2 aromatic rings. The molecule has 2 atom stereocenters. The Hall–Kier alpha value is -1.74. The molecule has 1 aliphatic rings. The Kier molecular flexibility index (Phi) is 4.02. The molecule has 2 unspecified atom stereocenters. The minimum Gasteiger partial charge on any atom is -0.467 e. The molecule has 1 aliphatic heterocycles. The summed E-state index contributed by atoms with van der Waals surface area (Å²) >= 11 is 0. The molecule has 3 nitrogen and oxygen atoms in total. The molecule has 3 heteroatoms. The molecule has 0 fully saturated rings. The number of fused-ring (bicyclic) bond motifs is 1. The Balaban J connectivity index is 2.02. The molecule has 1 aromatic heterocycles. The second-order valence-electron chi connectivity index (χ2n) is 5.96. The zero-order valence-electron chi connectivity index (χ0n) is 12.9. The van der Waals surface area contributed by atoms with Crippen molar-refractivity contribution in [3.05, 3.63) is 53.5 Å². The van der Waals surface area contributed by atoms with Gasteiger partial charge in [0.1, 0.15) is 11.8 Å². The largest absolute Gasteiger partial charge is 0.467 e. The first-order chi connectivity index (χ1) is 10.2. The Morgan fingerprint density at radius 2 is 2.19 bits per heavy atom. The monoisotopic (exact) mass is 284 g/mol. The van der Waals surface area contributed by atoms with Gasteiger partial charge in [-0.1, -0.05) is 24.6 Å². The minimum atomic E-state index is 0.0726. The average molecular weight is 284 g/mol. The molecule has 0 spiro atoms. The van der Waals surface area contributed by atoms with E-state index in [0.717, 1.165) is 25.1 Å². The summed E-state index contributed by atoms with van der Waals surface area (Å²) in [5.74, 6) is 0.970. The summed E-state index contributed by atoms with van der Waals surface area (Å²) in [5, 5.41) is 0. The molecule has 3 rings (SSSR count). The van der Waals surface area contributed by atoms with Gasteiger partial charge in [0.2, 0.25) is 0 Å². The van der Waals surface area contributed by atoms with Gasteiger partial charge in [0, 0.05) is 18.3 Å². The van der Waals surface area contributed by atoms with Gasteiger partial charge in [0.15, 0.2) is 0 Å². The van der Waals surface area contributed by atoms with Gasteiger partial charge in [-0.3, -0.25) is 0 Å². The number of rotatable bonds is 4. The highest BCUT2D eigenvalue weighted by Crippen LogP contribution is 2.36. The van der Waals surface area contributed by atoms with Crippen molar-refractivity contribution >= 4 is 5.69 Å². The average Bonchev–Trinajstić information content (AvgIpc) is 3.01. The minimum absolute atomic E-state index is 0.0726. The van der Waals surface area contributed by atoms with Gasteiger partial charge in [0.05, 0.1) is 6.26 Å². The van der Waals surface area contributed by atoms with Crippen molar-refractivity contribution in [3.63, 3.8) is 0 Å². The van der Waals surface area contributed by atoms with Gasteiger partial charge in [0.25, 0.3) is 0 Å². The van der Waals surface area contributed by atoms with Crippen LogP contribution in [0.25, 0.3) is 0 Å². The number of hydrogen-bond donors (Lipinski definition) is 1. The molecule has 21 heavy (non-hydrogen) atoms. The van der Waals surface area contributed by atoms with Gasteiger partial charge < -0.3 is 15.1 Å². The molecular formula is C18H24N2O. The van der Waals surface area contributed by atoms with Crippen LogP contribution >= 0.6 is 0 Å². The summed E-state index contributed by atoms with van der Waals surface area (Å²) in [4.78, 5) is 2.44. The number of nitrogens with zero attached hydrogens (tertiary/aromatic N) is 1. The van der Waals surface area contributed by atoms with E-state index >= 15 is 0 Å². The summed E-state index contributed by atoms with van der Waals surface area (Å²) < 4.78 is 5.69. The predicted octanol–water partition coefficient (Wildman–Crippen LogP) is 3.82. The first-order valence-electron chi connectivity index (χ1n) is 7.86. The van der Waals surface area contributed by atoms with Crippen molar-refractivity contribution < 1.29 is 4.42 Å². The van der Waals surface area contributed by atoms with Crippen molar-refractivity contribution in [2.75, 3.05) is 11.4 Å². The molecule has 1 aromatic carbocycles. The van der Waals surface area contributed by atoms with Crippen LogP contribution in [-0.2, 0) is 6.42 Å². The van der Waals surface area contributed by atoms with E-state index in [-0.39, 0.29) is 12.1 Å². The Morgan fingerprint density at radius 1 is 1.33 bits per heavy atom. The summed E-state index contributed by atoms with van der Waals surface area (Å²) in [5.41, 5.74) is 10.5. The number of nitrogens with two attached hydrogens (primary N) is 1. The molecule has 112 valence electrons. The molecule has 0 radical (unpaired) electrons. The Morgan fingerprint density at radius 3 is 2.90 bits per heavy atom. The zero-order valence-corrected chi connectivity index (χ0v) is 12.9. The highest BCUT2D eigenvalue weighted by Gasteiger charge is 2.31. The van der Waals surface area contributed by atoms with E-state index in [9.17, 15) is 0 Å². The molecule has 0 saturated carbocycles. The standard InChI is InChI=1S/C18H24N2O/c1-3-15(19)18(17-7-5-11-21-17)20-10-4-6-14-12-13(2)8-9-16(14)20/h5,7-9,11-12,15,18H,3-4,6,10,19H2,1-2H3. The summed E-state index contributed by atoms with van der Waals surface area (Å²) in [6.07, 6.45) is 5.00. The third-order valence-corrected chi connectivity index (χ3v) is 4.44. The van der Waals surface area contributed by atoms with Gasteiger partial charge in [-0.05, 0) is 49.9 Å². The Labute approximate surface area is 126 Å². The van der Waals surface area contributed by atoms with E-state index < -0.39 is 0 Å². The second-order valence-corrected chi connectivity index (χ2v) is 5.96. The van der Waals surface area contributed by atoms with Crippen LogP contribution in [0, 0.1) is 6.92 Å². The lowest BCUT2D eigenvalue weighted by Crippen LogP contribution is -2.43. The van der Waals surface area contributed by atoms with E-state index in [1.165, 1.54) is 23.2 Å². The lowest BCUT2D eigenvalue weighted by atomic mass is 9.94. The molecule has 0 aliphatic carbocycles. The van der Waals surface area contributed by atoms with Gasteiger partial charge >= 0.3 is 0 Å². The zero-order chi connectivity index (χ0) is 14.8. The number of aryl methyl sites for hydroxylation is 2. The van der Waals surface area contributed by atoms with Gasteiger partial charge in [-0.2, -0.15) is 0 Å². The van der Waals surface area contributed by atoms with Crippen LogP contribution in [0.4, 0.5) is 5.69 Å². The first-order valence-corrected chi connectivity index (χ1v) is 7.86. The number of anilines is 1. The van der Waals surface area contributed by atoms with E-state index in [1.54, 1.807) is 6.26 Å².